The summed E-state index contributed by atoms with van der Waals surface area (Å²) >= 11 is 1.24. The van der Waals surface area contributed by atoms with E-state index in [4.69, 9.17) is 14.2 Å². The molecule has 0 amide bonds. The summed E-state index contributed by atoms with van der Waals surface area (Å²) in [6, 6.07) is 17.0. The minimum absolute atomic E-state index is 0.280. The number of ether oxygens (including phenoxy) is 3. The van der Waals surface area contributed by atoms with E-state index in [1.807, 2.05) is 48.5 Å². The van der Waals surface area contributed by atoms with Gasteiger partial charge in [0.05, 0.1) is 23.8 Å². The summed E-state index contributed by atoms with van der Waals surface area (Å²) in [6.45, 7) is 4.12. The monoisotopic (exact) mass is 529 g/mol. The highest BCUT2D eigenvalue weighted by atomic mass is 32.1. The van der Waals surface area contributed by atoms with Crippen LogP contribution in [-0.4, -0.2) is 34.3 Å². The summed E-state index contributed by atoms with van der Waals surface area (Å²) in [5, 5.41) is 6.33. The number of nitrogens with zero attached hydrogens (tertiary/aromatic N) is 3. The molecule has 0 saturated carbocycles. The quantitative estimate of drug-likeness (QED) is 0.150. The van der Waals surface area contributed by atoms with Crippen LogP contribution in [0.4, 0.5) is 0 Å². The second-order valence-electron chi connectivity index (χ2n) is 8.80. The van der Waals surface area contributed by atoms with Crippen LogP contribution in [0.1, 0.15) is 38.7 Å². The first-order valence-corrected chi connectivity index (χ1v) is 13.2. The van der Waals surface area contributed by atoms with Gasteiger partial charge in [-0.3, -0.25) is 9.59 Å². The average molecular weight is 530 g/mol. The van der Waals surface area contributed by atoms with Crippen molar-refractivity contribution in [1.29, 1.82) is 0 Å². The van der Waals surface area contributed by atoms with Gasteiger partial charge in [-0.25, -0.2) is 0 Å². The molecule has 2 aromatic heterocycles. The second kappa shape index (κ2) is 11.0. The first-order chi connectivity index (χ1) is 18.5. The van der Waals surface area contributed by atoms with E-state index >= 15 is 0 Å². The maximum Gasteiger partial charge on any atom is 0.308 e. The number of methoxy groups -OCH3 is 1. The second-order valence-corrected chi connectivity index (χ2v) is 9.81. The molecule has 5 rings (SSSR count). The fourth-order valence-electron chi connectivity index (χ4n) is 4.16. The zero-order valence-corrected chi connectivity index (χ0v) is 22.2. The Hall–Kier alpha value is -4.24. The molecule has 8 nitrogen and oxygen atoms in total. The summed E-state index contributed by atoms with van der Waals surface area (Å²) in [7, 11) is 1.60. The van der Waals surface area contributed by atoms with Gasteiger partial charge in [0.15, 0.2) is 17.3 Å². The molecule has 3 aromatic carbocycles. The highest BCUT2D eigenvalue weighted by molar-refractivity contribution is 7.15. The molecule has 0 aliphatic rings. The Morgan fingerprint density at radius 3 is 2.53 bits per heavy atom. The van der Waals surface area contributed by atoms with Gasteiger partial charge in [0, 0.05) is 6.92 Å². The lowest BCUT2D eigenvalue weighted by molar-refractivity contribution is -0.131. The van der Waals surface area contributed by atoms with E-state index in [0.717, 1.165) is 35.6 Å². The zero-order chi connectivity index (χ0) is 26.6. The van der Waals surface area contributed by atoms with E-state index in [-0.39, 0.29) is 5.56 Å². The molecule has 9 heteroatoms. The van der Waals surface area contributed by atoms with E-state index in [1.165, 1.54) is 22.8 Å². The van der Waals surface area contributed by atoms with Crippen LogP contribution in [0.25, 0.3) is 33.2 Å². The Morgan fingerprint density at radius 2 is 1.82 bits per heavy atom. The average Bonchev–Trinajstić information content (AvgIpc) is 3.45. The normalized spacial score (nSPS) is 11.8. The van der Waals surface area contributed by atoms with Gasteiger partial charge in [-0.1, -0.05) is 61.4 Å². The summed E-state index contributed by atoms with van der Waals surface area (Å²) in [6.07, 6.45) is 5.01. The van der Waals surface area contributed by atoms with Gasteiger partial charge in [-0.05, 0) is 53.1 Å². The molecule has 0 N–H and O–H groups in total. The minimum atomic E-state index is -0.447. The van der Waals surface area contributed by atoms with Crippen LogP contribution in [0.2, 0.25) is 0 Å². The summed E-state index contributed by atoms with van der Waals surface area (Å²) in [4.78, 5) is 29.9. The third-order valence-corrected chi connectivity index (χ3v) is 6.97. The van der Waals surface area contributed by atoms with Gasteiger partial charge in [0.1, 0.15) is 5.75 Å². The van der Waals surface area contributed by atoms with Gasteiger partial charge >= 0.3 is 5.97 Å². The summed E-state index contributed by atoms with van der Waals surface area (Å²) in [5.74, 6) is 1.50. The zero-order valence-electron chi connectivity index (χ0n) is 21.4. The molecule has 0 unspecified atom stereocenters. The van der Waals surface area contributed by atoms with Crippen molar-refractivity contribution in [3.8, 4) is 28.6 Å². The Balaban J connectivity index is 1.49. The first-order valence-electron chi connectivity index (χ1n) is 12.4. The number of benzene rings is 3. The molecule has 0 atom stereocenters. The van der Waals surface area contributed by atoms with E-state index in [9.17, 15) is 9.59 Å². The predicted molar refractivity (Wildman–Crippen MR) is 148 cm³/mol. The molecular weight excluding hydrogens is 502 g/mol. The van der Waals surface area contributed by atoms with E-state index < -0.39 is 5.97 Å². The van der Waals surface area contributed by atoms with Crippen molar-refractivity contribution >= 4 is 39.1 Å². The highest BCUT2D eigenvalue weighted by Gasteiger charge is 2.18. The molecule has 0 fully saturated rings. The van der Waals surface area contributed by atoms with Gasteiger partial charge in [0.2, 0.25) is 4.96 Å². The number of carbonyl (C=O) groups is 1. The smallest absolute Gasteiger partial charge is 0.308 e. The Bertz CT molecular complexity index is 1740. The summed E-state index contributed by atoms with van der Waals surface area (Å²) < 4.78 is 18.6. The molecule has 194 valence electrons. The highest BCUT2D eigenvalue weighted by Crippen LogP contribution is 2.33. The maximum atomic E-state index is 13.2. The maximum absolute atomic E-state index is 13.2. The van der Waals surface area contributed by atoms with Crippen molar-refractivity contribution < 1.29 is 19.0 Å². The van der Waals surface area contributed by atoms with Crippen LogP contribution in [-0.2, 0) is 4.79 Å². The number of rotatable bonds is 9. The molecular formula is C29H27N3O5S. The lowest BCUT2D eigenvalue weighted by atomic mass is 10.1. The Labute approximate surface area is 223 Å². The van der Waals surface area contributed by atoms with Crippen molar-refractivity contribution in [3.05, 3.63) is 75.0 Å². The molecule has 0 radical (unpaired) electrons. The van der Waals surface area contributed by atoms with E-state index in [2.05, 4.69) is 17.0 Å². The van der Waals surface area contributed by atoms with Gasteiger partial charge in [-0.2, -0.15) is 9.50 Å². The van der Waals surface area contributed by atoms with Crippen molar-refractivity contribution in [2.45, 2.75) is 33.1 Å². The number of fused-ring (bicyclic) bond motifs is 2. The van der Waals surface area contributed by atoms with Crippen LogP contribution < -0.4 is 24.3 Å². The largest absolute Gasteiger partial charge is 0.493 e. The van der Waals surface area contributed by atoms with Crippen molar-refractivity contribution in [2.75, 3.05) is 13.7 Å². The fraction of sp³-hybridized carbons (Fsp3) is 0.241. The molecule has 0 saturated heterocycles. The number of unbranched alkanes of at least 4 members (excludes halogenated alkanes) is 2. The van der Waals surface area contributed by atoms with Gasteiger partial charge < -0.3 is 14.2 Å². The molecule has 2 heterocycles. The van der Waals surface area contributed by atoms with Crippen molar-refractivity contribution in [1.82, 2.24) is 14.6 Å². The van der Waals surface area contributed by atoms with Crippen LogP contribution in [0.5, 0.6) is 17.2 Å². The predicted octanol–water partition coefficient (Wildman–Crippen LogP) is 5.02. The number of thiazole rings is 1. The van der Waals surface area contributed by atoms with Gasteiger partial charge in [0.25, 0.3) is 5.56 Å². The van der Waals surface area contributed by atoms with E-state index in [1.54, 1.807) is 19.3 Å². The number of hydrogen-bond donors (Lipinski definition) is 0. The summed E-state index contributed by atoms with van der Waals surface area (Å²) in [5.41, 5.74) is 1.06. The Kier molecular flexibility index (Phi) is 7.37. The third-order valence-electron chi connectivity index (χ3n) is 6.02. The van der Waals surface area contributed by atoms with Crippen molar-refractivity contribution in [3.63, 3.8) is 0 Å². The van der Waals surface area contributed by atoms with Gasteiger partial charge in [-0.15, -0.1) is 5.10 Å². The number of aromatic nitrogens is 3. The molecule has 0 spiro atoms. The standard InChI is InChI=1S/C29H27N3O5S/c1-4-5-8-13-36-23-12-11-19(14-25(23)35-3)15-26-28(34)32-29(38-26)30-27(31-32)22-16-20-9-6-7-10-21(20)17-24(22)37-18(2)33/h6-7,9-12,14-17H,4-5,8,13H2,1-3H3. The number of carbonyl (C=O) groups excluding carboxylic acids is 1. The molecule has 5 aromatic rings. The SMILES string of the molecule is CCCCCOc1ccc(C=c2sc3nc(-c4cc5ccccc5cc4OC(C)=O)nn3c2=O)cc1OC. The van der Waals surface area contributed by atoms with Crippen LogP contribution in [0.15, 0.2) is 59.4 Å². The topological polar surface area (TPSA) is 92.0 Å². The molecule has 38 heavy (non-hydrogen) atoms. The van der Waals surface area contributed by atoms with Crippen LogP contribution in [0, 0.1) is 0 Å². The molecule has 0 bridgehead atoms. The first kappa shape index (κ1) is 25.4. The number of esters is 1. The van der Waals surface area contributed by atoms with Crippen LogP contribution in [0.3, 0.4) is 0 Å². The fourth-order valence-corrected chi connectivity index (χ4v) is 5.07. The van der Waals surface area contributed by atoms with E-state index in [0.29, 0.717) is 44.7 Å². The minimum Gasteiger partial charge on any atom is -0.493 e. The lowest BCUT2D eigenvalue weighted by Crippen LogP contribution is -2.23. The number of hydrogen-bond acceptors (Lipinski definition) is 8. The lowest BCUT2D eigenvalue weighted by Gasteiger charge is -2.11. The Morgan fingerprint density at radius 1 is 1.03 bits per heavy atom. The van der Waals surface area contributed by atoms with Crippen molar-refractivity contribution in [2.24, 2.45) is 0 Å². The molecule has 0 aliphatic carbocycles. The third kappa shape index (κ3) is 5.24. The van der Waals surface area contributed by atoms with Crippen LogP contribution >= 0.6 is 11.3 Å². The molecule has 0 aliphatic heterocycles.